The van der Waals surface area contributed by atoms with Crippen LogP contribution >= 0.6 is 23.2 Å². The van der Waals surface area contributed by atoms with E-state index in [-0.39, 0.29) is 33.9 Å². The molecule has 3 aromatic carbocycles. The first-order valence-electron chi connectivity index (χ1n) is 14.5. The summed E-state index contributed by atoms with van der Waals surface area (Å²) in [7, 11) is 1.31. The number of ether oxygens (including phenoxy) is 1. The van der Waals surface area contributed by atoms with Crippen LogP contribution < -0.4 is 14.5 Å². The quantitative estimate of drug-likeness (QED) is 0.0910. The second kappa shape index (κ2) is 10.8. The fraction of sp³-hybridized carbons (Fsp3) is 0.273. The molecule has 0 radical (unpaired) electrons. The first-order chi connectivity index (χ1) is 22.7. The molecule has 8 nitrogen and oxygen atoms in total. The van der Waals surface area contributed by atoms with Gasteiger partial charge in [0.1, 0.15) is 17.2 Å². The molecule has 0 spiro atoms. The zero-order chi connectivity index (χ0) is 34.6. The van der Waals surface area contributed by atoms with E-state index in [0.29, 0.717) is 0 Å². The van der Waals surface area contributed by atoms with Gasteiger partial charge in [-0.2, -0.15) is 0 Å². The minimum atomic E-state index is -2.75. The molecule has 4 aliphatic rings. The average molecular weight is 707 g/mol. The maximum Gasteiger partial charge on any atom is 0.258 e. The summed E-state index contributed by atoms with van der Waals surface area (Å²) in [5.41, 5.74) is -1.52. The minimum absolute atomic E-state index is 0.0381. The molecule has 3 fully saturated rings. The second-order valence-electron chi connectivity index (χ2n) is 12.0. The van der Waals surface area contributed by atoms with Gasteiger partial charge in [0.15, 0.2) is 33.0 Å². The number of alkyl halides is 2. The summed E-state index contributed by atoms with van der Waals surface area (Å²) in [4.78, 5) is 51.5. The number of halogens is 7. The number of hydrogen-bond donors (Lipinski definition) is 1. The molecule has 2 heterocycles. The maximum atomic E-state index is 15.2. The number of carbonyl (C=O) groups is 4. The van der Waals surface area contributed by atoms with Crippen LogP contribution in [0.3, 0.4) is 0 Å². The molecule has 2 aliphatic carbocycles. The third kappa shape index (κ3) is 3.94. The zero-order valence-corrected chi connectivity index (χ0v) is 26.0. The Morgan fingerprint density at radius 1 is 0.812 bits per heavy atom. The third-order valence-electron chi connectivity index (χ3n) is 9.78. The SMILES string of the molecule is COc1ccc([C@H]2C3=CC[C@@H]4C(=O)N(c5ccccc5)C(=O)[C@@H]4[C@@H]3C[C@@]3(Cl)C(=O)N(c4c(F)c(F)c(F)c(F)c4F)C(=O)[C@@]23Cl)c(O)c1. The van der Waals surface area contributed by atoms with E-state index in [9.17, 15) is 37.5 Å². The van der Waals surface area contributed by atoms with Gasteiger partial charge in [-0.25, -0.2) is 26.9 Å². The van der Waals surface area contributed by atoms with Gasteiger partial charge in [0.05, 0.1) is 24.6 Å². The number of nitrogens with zero attached hydrogens (tertiary/aromatic N) is 2. The Morgan fingerprint density at radius 2 is 1.44 bits per heavy atom. The van der Waals surface area contributed by atoms with Crippen molar-refractivity contribution in [2.24, 2.45) is 17.8 Å². The summed E-state index contributed by atoms with van der Waals surface area (Å²) in [5, 5.41) is 11.2. The topological polar surface area (TPSA) is 104 Å². The Bertz CT molecular complexity index is 1980. The van der Waals surface area contributed by atoms with Crippen LogP contribution in [0.15, 0.2) is 60.2 Å². The van der Waals surface area contributed by atoms with Crippen molar-refractivity contribution in [2.45, 2.75) is 28.5 Å². The highest BCUT2D eigenvalue weighted by atomic mass is 35.5. The standard InChI is InChI=1S/C33H21Cl2F5N2O6/c1-48-14-7-8-16(19(43)11-14)21-15-9-10-17-20(29(45)41(28(17)44)13-5-3-2-4-6-13)18(15)12-32(34)30(46)42(31(47)33(21,32)35)27-25(39)23(37)22(36)24(38)26(27)40/h2-9,11,17-18,20-21,43H,10,12H2,1H3/t17-,18+,20-,21+,32+,33-/m0/s1. The molecule has 7 rings (SSSR count). The van der Waals surface area contributed by atoms with E-state index < -0.39 is 104 Å². The van der Waals surface area contributed by atoms with E-state index in [1.54, 1.807) is 36.4 Å². The van der Waals surface area contributed by atoms with E-state index in [1.165, 1.54) is 19.2 Å². The number of rotatable bonds is 4. The average Bonchev–Trinajstić information content (AvgIpc) is 3.41. The van der Waals surface area contributed by atoms with Crippen LogP contribution in [0, 0.1) is 46.8 Å². The first-order valence-corrected chi connectivity index (χ1v) is 15.2. The summed E-state index contributed by atoms with van der Waals surface area (Å²) >= 11 is 14.2. The van der Waals surface area contributed by atoms with Gasteiger partial charge in [-0.1, -0.05) is 35.9 Å². The molecule has 2 saturated heterocycles. The van der Waals surface area contributed by atoms with Crippen LogP contribution in [0.2, 0.25) is 0 Å². The van der Waals surface area contributed by atoms with Gasteiger partial charge >= 0.3 is 0 Å². The lowest BCUT2D eigenvalue weighted by molar-refractivity contribution is -0.125. The van der Waals surface area contributed by atoms with Crippen molar-refractivity contribution >= 4 is 58.2 Å². The molecule has 48 heavy (non-hydrogen) atoms. The van der Waals surface area contributed by atoms with E-state index in [0.717, 1.165) is 11.0 Å². The number of anilines is 2. The van der Waals surface area contributed by atoms with E-state index in [1.807, 2.05) is 0 Å². The lowest BCUT2D eigenvalue weighted by Gasteiger charge is -2.50. The smallest absolute Gasteiger partial charge is 0.258 e. The first kappa shape index (κ1) is 32.1. The predicted octanol–water partition coefficient (Wildman–Crippen LogP) is 5.86. The highest BCUT2D eigenvalue weighted by Crippen LogP contribution is 2.66. The third-order valence-corrected chi connectivity index (χ3v) is 11.2. The molecule has 15 heteroatoms. The normalized spacial score (nSPS) is 29.5. The number of carbonyl (C=O) groups excluding carboxylic acids is 4. The molecule has 1 saturated carbocycles. The highest BCUT2D eigenvalue weighted by Gasteiger charge is 2.77. The van der Waals surface area contributed by atoms with E-state index >= 15 is 8.78 Å². The van der Waals surface area contributed by atoms with Gasteiger partial charge in [-0.3, -0.25) is 24.1 Å². The second-order valence-corrected chi connectivity index (χ2v) is 13.2. The Kier molecular flexibility index (Phi) is 7.19. The minimum Gasteiger partial charge on any atom is -0.508 e. The van der Waals surface area contributed by atoms with Gasteiger partial charge in [-0.15, -0.1) is 23.2 Å². The van der Waals surface area contributed by atoms with Crippen molar-refractivity contribution in [3.05, 3.63) is 94.8 Å². The number of allylic oxidation sites excluding steroid dienone is 2. The molecule has 3 aromatic rings. The van der Waals surface area contributed by atoms with Crippen molar-refractivity contribution in [3.8, 4) is 11.5 Å². The Hall–Kier alpha value is -4.49. The van der Waals surface area contributed by atoms with Gasteiger partial charge in [0.25, 0.3) is 11.8 Å². The van der Waals surface area contributed by atoms with Crippen LogP contribution in [-0.2, 0) is 19.2 Å². The molecule has 0 unspecified atom stereocenters. The summed E-state index contributed by atoms with van der Waals surface area (Å²) in [6, 6.07) is 11.9. The molecular formula is C33H21Cl2F5N2O6. The molecule has 0 aromatic heterocycles. The maximum absolute atomic E-state index is 15.2. The largest absolute Gasteiger partial charge is 0.508 e. The van der Waals surface area contributed by atoms with E-state index in [4.69, 9.17) is 27.9 Å². The molecule has 248 valence electrons. The van der Waals surface area contributed by atoms with Gasteiger partial charge in [-0.05, 0) is 37.0 Å². The summed E-state index contributed by atoms with van der Waals surface area (Å²) in [6.45, 7) is 0. The number of methoxy groups -OCH3 is 1. The van der Waals surface area contributed by atoms with E-state index in [2.05, 4.69) is 0 Å². The lowest BCUT2D eigenvalue weighted by Crippen LogP contribution is -2.60. The number of phenols is 1. The number of imide groups is 2. The number of para-hydroxylation sites is 1. The van der Waals surface area contributed by atoms with Crippen molar-refractivity contribution < 1.29 is 51.0 Å². The van der Waals surface area contributed by atoms with Crippen molar-refractivity contribution in [2.75, 3.05) is 16.9 Å². The Morgan fingerprint density at radius 3 is 2.04 bits per heavy atom. The Balaban J connectivity index is 1.45. The van der Waals surface area contributed by atoms with Gasteiger partial charge < -0.3 is 9.84 Å². The van der Waals surface area contributed by atoms with Gasteiger partial charge in [0, 0.05) is 17.5 Å². The number of benzene rings is 3. The molecular weight excluding hydrogens is 686 g/mol. The molecule has 0 bridgehead atoms. The van der Waals surface area contributed by atoms with Crippen LogP contribution in [0.5, 0.6) is 11.5 Å². The van der Waals surface area contributed by atoms with Gasteiger partial charge in [0.2, 0.25) is 17.6 Å². The number of amides is 4. The van der Waals surface area contributed by atoms with Crippen LogP contribution in [0.1, 0.15) is 24.3 Å². The fourth-order valence-corrected chi connectivity index (χ4v) is 8.57. The van der Waals surface area contributed by atoms with Crippen molar-refractivity contribution in [3.63, 3.8) is 0 Å². The van der Waals surface area contributed by atoms with Crippen molar-refractivity contribution in [1.82, 2.24) is 0 Å². The summed E-state index contributed by atoms with van der Waals surface area (Å²) in [5.74, 6) is -22.0. The zero-order valence-electron chi connectivity index (χ0n) is 24.4. The Labute approximate surface area is 278 Å². The number of fused-ring (bicyclic) bond motifs is 4. The highest BCUT2D eigenvalue weighted by molar-refractivity contribution is 6.58. The number of aromatic hydroxyl groups is 1. The number of phenolic OH excluding ortho intramolecular Hbond substituents is 1. The van der Waals surface area contributed by atoms with Crippen LogP contribution in [0.25, 0.3) is 0 Å². The van der Waals surface area contributed by atoms with Crippen LogP contribution in [0.4, 0.5) is 33.3 Å². The molecule has 2 aliphatic heterocycles. The van der Waals surface area contributed by atoms with Crippen molar-refractivity contribution in [1.29, 1.82) is 0 Å². The molecule has 4 amide bonds. The fourth-order valence-electron chi connectivity index (χ4n) is 7.64. The van der Waals surface area contributed by atoms with Crippen LogP contribution in [-0.4, -0.2) is 45.6 Å². The monoisotopic (exact) mass is 706 g/mol. The lowest BCUT2D eigenvalue weighted by atomic mass is 9.56. The summed E-state index contributed by atoms with van der Waals surface area (Å²) in [6.07, 6.45) is 0.847. The molecule has 1 N–H and O–H groups in total. The predicted molar refractivity (Wildman–Crippen MR) is 160 cm³/mol. The summed E-state index contributed by atoms with van der Waals surface area (Å²) < 4.78 is 78.2. The molecule has 6 atom stereocenters. The number of hydrogen-bond acceptors (Lipinski definition) is 6.